The van der Waals surface area contributed by atoms with Crippen LogP contribution >= 0.6 is 0 Å². The number of hydrogen-bond donors (Lipinski definition) is 1. The molecule has 5 rings (SSSR count). The number of anilines is 1. The summed E-state index contributed by atoms with van der Waals surface area (Å²) in [5.74, 6) is -0.0126. The molecule has 3 fully saturated rings. The molecular formula is C23H29N5O6. The smallest absolute Gasteiger partial charge is 0.431 e. The van der Waals surface area contributed by atoms with Crippen molar-refractivity contribution in [2.75, 3.05) is 12.3 Å². The predicted octanol–water partition coefficient (Wildman–Crippen LogP) is 2.90. The van der Waals surface area contributed by atoms with Crippen LogP contribution in [0.2, 0.25) is 0 Å². The minimum absolute atomic E-state index is 0.172. The predicted molar refractivity (Wildman–Crippen MR) is 117 cm³/mol. The summed E-state index contributed by atoms with van der Waals surface area (Å²) in [5, 5.41) is 14.5. The Balaban J connectivity index is 1.37. The van der Waals surface area contributed by atoms with Gasteiger partial charge in [-0.2, -0.15) is 10.4 Å². The summed E-state index contributed by atoms with van der Waals surface area (Å²) in [6.07, 6.45) is 1.83. The molecule has 0 amide bonds. The van der Waals surface area contributed by atoms with Gasteiger partial charge in [-0.1, -0.05) is 6.92 Å². The molecule has 2 N–H and O–H groups in total. The van der Waals surface area contributed by atoms with Gasteiger partial charge in [-0.15, -0.1) is 0 Å². The zero-order valence-corrected chi connectivity index (χ0v) is 19.5. The third kappa shape index (κ3) is 3.96. The molecule has 2 aromatic heterocycles. The zero-order chi connectivity index (χ0) is 24.1. The number of nitriles is 1. The van der Waals surface area contributed by atoms with Gasteiger partial charge in [0.1, 0.15) is 48.9 Å². The standard InChI is InChI=1S/C23H29N5O6/c1-13-4-6-14(7-5-13)31-21(29)30-11-23(10-24)19-18(32-22(2,3)34-19)17(33-23)15-8-9-16-20(25)26-12-27-28(15)16/h8-9,12-14,17-19H,4-7,11H2,1-3H3,(H2,25,26,27)/t13?,14?,17-,18-,19-,23+/m0/s1. The van der Waals surface area contributed by atoms with Crippen molar-refractivity contribution in [1.82, 2.24) is 14.6 Å². The number of nitrogens with two attached hydrogens (primary N) is 1. The van der Waals surface area contributed by atoms with Crippen molar-refractivity contribution in [3.63, 3.8) is 0 Å². The van der Waals surface area contributed by atoms with E-state index in [2.05, 4.69) is 23.1 Å². The van der Waals surface area contributed by atoms with Gasteiger partial charge in [0.2, 0.25) is 5.60 Å². The minimum atomic E-state index is -1.59. The molecule has 182 valence electrons. The van der Waals surface area contributed by atoms with Crippen molar-refractivity contribution in [1.29, 1.82) is 5.26 Å². The number of rotatable bonds is 4. The Morgan fingerprint density at radius 1 is 1.26 bits per heavy atom. The molecule has 0 bridgehead atoms. The Bertz CT molecular complexity index is 1120. The lowest BCUT2D eigenvalue weighted by molar-refractivity contribution is -0.206. The second-order valence-electron chi connectivity index (χ2n) is 9.80. The summed E-state index contributed by atoms with van der Waals surface area (Å²) in [4.78, 5) is 16.4. The van der Waals surface area contributed by atoms with Gasteiger partial charge in [0, 0.05) is 0 Å². The molecule has 34 heavy (non-hydrogen) atoms. The van der Waals surface area contributed by atoms with Crippen molar-refractivity contribution < 1.29 is 28.5 Å². The van der Waals surface area contributed by atoms with Gasteiger partial charge in [-0.25, -0.2) is 14.3 Å². The van der Waals surface area contributed by atoms with Gasteiger partial charge < -0.3 is 29.4 Å². The summed E-state index contributed by atoms with van der Waals surface area (Å²) in [7, 11) is 0. The molecule has 1 saturated carbocycles. The van der Waals surface area contributed by atoms with Crippen LogP contribution in [0.25, 0.3) is 5.52 Å². The molecular weight excluding hydrogens is 442 g/mol. The van der Waals surface area contributed by atoms with E-state index >= 15 is 0 Å². The van der Waals surface area contributed by atoms with Crippen molar-refractivity contribution in [2.45, 2.75) is 82.3 Å². The minimum Gasteiger partial charge on any atom is -0.431 e. The number of carbonyl (C=O) groups is 1. The van der Waals surface area contributed by atoms with Crippen molar-refractivity contribution in [2.24, 2.45) is 5.92 Å². The molecule has 4 heterocycles. The zero-order valence-electron chi connectivity index (χ0n) is 19.5. The van der Waals surface area contributed by atoms with E-state index in [9.17, 15) is 10.1 Å². The average molecular weight is 472 g/mol. The van der Waals surface area contributed by atoms with E-state index in [0.29, 0.717) is 22.9 Å². The highest BCUT2D eigenvalue weighted by atomic mass is 16.8. The van der Waals surface area contributed by atoms with E-state index in [1.807, 2.05) is 0 Å². The number of carbonyl (C=O) groups excluding carboxylic acids is 1. The van der Waals surface area contributed by atoms with Gasteiger partial charge in [0.25, 0.3) is 0 Å². The Hall–Kier alpha value is -2.94. The van der Waals surface area contributed by atoms with Crippen molar-refractivity contribution >= 4 is 17.5 Å². The van der Waals surface area contributed by atoms with Gasteiger partial charge in [-0.3, -0.25) is 0 Å². The van der Waals surface area contributed by atoms with E-state index < -0.39 is 35.9 Å². The number of fused-ring (bicyclic) bond motifs is 2. The lowest BCUT2D eigenvalue weighted by atomic mass is 9.89. The normalized spacial score (nSPS) is 34.5. The van der Waals surface area contributed by atoms with E-state index in [4.69, 9.17) is 29.4 Å². The first-order chi connectivity index (χ1) is 16.2. The molecule has 4 atom stereocenters. The van der Waals surface area contributed by atoms with E-state index in [1.54, 1.807) is 30.5 Å². The summed E-state index contributed by atoms with van der Waals surface area (Å²) in [5.41, 5.74) is 5.60. The highest BCUT2D eigenvalue weighted by Gasteiger charge is 2.65. The second-order valence-corrected chi connectivity index (χ2v) is 9.80. The van der Waals surface area contributed by atoms with Crippen LogP contribution in [0, 0.1) is 17.2 Å². The van der Waals surface area contributed by atoms with Crippen molar-refractivity contribution in [3.8, 4) is 6.07 Å². The van der Waals surface area contributed by atoms with E-state index in [0.717, 1.165) is 25.7 Å². The maximum Gasteiger partial charge on any atom is 0.508 e. The molecule has 2 aromatic rings. The molecule has 0 spiro atoms. The van der Waals surface area contributed by atoms with Crippen LogP contribution < -0.4 is 5.73 Å². The van der Waals surface area contributed by atoms with E-state index in [-0.39, 0.29) is 12.7 Å². The number of ether oxygens (including phenoxy) is 5. The van der Waals surface area contributed by atoms with Crippen LogP contribution in [0.5, 0.6) is 0 Å². The molecule has 11 heteroatoms. The van der Waals surface area contributed by atoms with E-state index in [1.165, 1.54) is 6.33 Å². The maximum absolute atomic E-state index is 12.4. The first kappa shape index (κ1) is 22.8. The lowest BCUT2D eigenvalue weighted by Crippen LogP contribution is -2.46. The number of nitrogens with zero attached hydrogens (tertiary/aromatic N) is 4. The number of aromatic nitrogens is 3. The third-order valence-electron chi connectivity index (χ3n) is 6.85. The van der Waals surface area contributed by atoms with Gasteiger partial charge in [0.15, 0.2) is 11.6 Å². The number of hydrogen-bond acceptors (Lipinski definition) is 10. The highest BCUT2D eigenvalue weighted by molar-refractivity contribution is 5.65. The van der Waals surface area contributed by atoms with Crippen LogP contribution in [0.15, 0.2) is 18.5 Å². The summed E-state index contributed by atoms with van der Waals surface area (Å²) in [6.45, 7) is 5.36. The second kappa shape index (κ2) is 8.37. The van der Waals surface area contributed by atoms with Crippen molar-refractivity contribution in [3.05, 3.63) is 24.2 Å². The van der Waals surface area contributed by atoms with Crippen LogP contribution in [0.1, 0.15) is 58.3 Å². The van der Waals surface area contributed by atoms with Crippen LogP contribution in [0.4, 0.5) is 10.6 Å². The quantitative estimate of drug-likeness (QED) is 0.661. The highest BCUT2D eigenvalue weighted by Crippen LogP contribution is 2.50. The molecule has 0 aromatic carbocycles. The molecule has 11 nitrogen and oxygen atoms in total. The fourth-order valence-electron chi connectivity index (χ4n) is 5.07. The first-order valence-electron chi connectivity index (χ1n) is 11.6. The third-order valence-corrected chi connectivity index (χ3v) is 6.85. The van der Waals surface area contributed by atoms with Crippen LogP contribution in [-0.4, -0.2) is 57.1 Å². The molecule has 0 unspecified atom stereocenters. The van der Waals surface area contributed by atoms with Crippen LogP contribution in [0.3, 0.4) is 0 Å². The Morgan fingerprint density at radius 3 is 2.76 bits per heavy atom. The Kier molecular flexibility index (Phi) is 5.62. The fourth-order valence-corrected chi connectivity index (χ4v) is 5.07. The lowest BCUT2D eigenvalue weighted by Gasteiger charge is -2.29. The van der Waals surface area contributed by atoms with Crippen LogP contribution in [-0.2, 0) is 23.7 Å². The number of nitrogen functional groups attached to an aromatic ring is 1. The largest absolute Gasteiger partial charge is 0.508 e. The average Bonchev–Trinajstić information content (AvgIpc) is 3.45. The monoisotopic (exact) mass is 471 g/mol. The Morgan fingerprint density at radius 2 is 2.03 bits per heavy atom. The summed E-state index contributed by atoms with van der Waals surface area (Å²) >= 11 is 0. The maximum atomic E-state index is 12.4. The Labute approximate surface area is 197 Å². The fraction of sp³-hybridized carbons (Fsp3) is 0.652. The topological polar surface area (TPSA) is 143 Å². The SMILES string of the molecule is CC1CCC(OC(=O)OC[C@@]2(C#N)O[C@@H](c3ccc4c(N)ncnn34)[C@@H]3OC(C)(C)O[C@@H]32)CC1. The first-order valence-corrected chi connectivity index (χ1v) is 11.6. The molecule has 2 aliphatic heterocycles. The van der Waals surface area contributed by atoms with Gasteiger partial charge >= 0.3 is 6.16 Å². The molecule has 2 saturated heterocycles. The molecule has 0 radical (unpaired) electrons. The molecule has 1 aliphatic carbocycles. The summed E-state index contributed by atoms with van der Waals surface area (Å²) in [6, 6.07) is 5.74. The summed E-state index contributed by atoms with van der Waals surface area (Å²) < 4.78 is 30.9. The van der Waals surface area contributed by atoms with Gasteiger partial charge in [-0.05, 0) is 57.6 Å². The molecule has 3 aliphatic rings. The van der Waals surface area contributed by atoms with Gasteiger partial charge in [0.05, 0.1) is 5.69 Å².